The third-order valence-corrected chi connectivity index (χ3v) is 4.53. The molecule has 1 N–H and O–H groups in total. The molecule has 0 aliphatic carbocycles. The molecule has 140 valence electrons. The van der Waals surface area contributed by atoms with Gasteiger partial charge >= 0.3 is 6.18 Å². The summed E-state index contributed by atoms with van der Waals surface area (Å²) in [5.41, 5.74) is 1.37. The van der Waals surface area contributed by atoms with Crippen molar-refractivity contribution in [3.63, 3.8) is 0 Å². The van der Waals surface area contributed by atoms with Gasteiger partial charge < -0.3 is 10.2 Å². The van der Waals surface area contributed by atoms with Gasteiger partial charge in [-0.05, 0) is 31.0 Å². The summed E-state index contributed by atoms with van der Waals surface area (Å²) in [6, 6.07) is 3.58. The summed E-state index contributed by atoms with van der Waals surface area (Å²) in [7, 11) is 1.63. The summed E-state index contributed by atoms with van der Waals surface area (Å²) in [4.78, 5) is 7.53. The number of alkyl halides is 3. The van der Waals surface area contributed by atoms with Gasteiger partial charge in [-0.2, -0.15) is 13.2 Å². The second-order valence-corrected chi connectivity index (χ2v) is 6.22. The topological polar surface area (TPSA) is 30.9 Å². The van der Waals surface area contributed by atoms with Crippen LogP contribution in [-0.2, 0) is 6.54 Å². The second kappa shape index (κ2) is 8.03. The van der Waals surface area contributed by atoms with Crippen molar-refractivity contribution in [2.45, 2.75) is 32.6 Å². The lowest BCUT2D eigenvalue weighted by atomic mass is 10.1. The first-order valence-electron chi connectivity index (χ1n) is 8.23. The van der Waals surface area contributed by atoms with Gasteiger partial charge in [-0.15, -0.1) is 0 Å². The maximum absolute atomic E-state index is 13.6. The molecule has 1 fully saturated rings. The Morgan fingerprint density at radius 3 is 2.40 bits per heavy atom. The lowest BCUT2D eigenvalue weighted by Gasteiger charge is -2.39. The molecule has 1 heterocycles. The minimum Gasteiger partial charge on any atom is -0.352 e. The van der Waals surface area contributed by atoms with Crippen LogP contribution in [0.3, 0.4) is 0 Å². The van der Waals surface area contributed by atoms with Gasteiger partial charge in [0, 0.05) is 39.8 Å². The number of hydrogen-bond donors (Lipinski definition) is 1. The molecule has 0 aromatic heterocycles. The molecule has 0 saturated carbocycles. The molecular weight excluding hydrogens is 336 g/mol. The lowest BCUT2D eigenvalue weighted by Crippen LogP contribution is -2.56. The molecule has 4 nitrogen and oxygen atoms in total. The molecule has 0 bridgehead atoms. The molecule has 0 amide bonds. The molecule has 1 aliphatic rings. The molecule has 1 saturated heterocycles. The highest BCUT2D eigenvalue weighted by molar-refractivity contribution is 5.80. The SMILES string of the molecule is CN=C(NCc1ccc(C)c(F)c1)N1CCN(C(C)C(F)(F)F)CC1. The van der Waals surface area contributed by atoms with Crippen LogP contribution in [0.25, 0.3) is 0 Å². The number of hydrogen-bond acceptors (Lipinski definition) is 2. The number of nitrogens with zero attached hydrogens (tertiary/aromatic N) is 3. The van der Waals surface area contributed by atoms with Crippen molar-refractivity contribution in [3.05, 3.63) is 35.1 Å². The van der Waals surface area contributed by atoms with E-state index in [1.807, 2.05) is 11.0 Å². The molecule has 1 aromatic rings. The van der Waals surface area contributed by atoms with E-state index in [0.717, 1.165) is 5.56 Å². The van der Waals surface area contributed by atoms with Crippen LogP contribution in [0.4, 0.5) is 17.6 Å². The Balaban J connectivity index is 1.89. The smallest absolute Gasteiger partial charge is 0.352 e. The maximum atomic E-state index is 13.6. The van der Waals surface area contributed by atoms with E-state index in [4.69, 9.17) is 0 Å². The van der Waals surface area contributed by atoms with Crippen molar-refractivity contribution >= 4 is 5.96 Å². The van der Waals surface area contributed by atoms with E-state index < -0.39 is 12.2 Å². The number of halogens is 4. The summed E-state index contributed by atoms with van der Waals surface area (Å²) in [5, 5.41) is 3.14. The van der Waals surface area contributed by atoms with Crippen molar-refractivity contribution in [3.8, 4) is 0 Å². The Labute approximate surface area is 145 Å². The van der Waals surface area contributed by atoms with E-state index in [0.29, 0.717) is 44.2 Å². The minimum atomic E-state index is -4.21. The number of nitrogens with one attached hydrogen (secondary N) is 1. The zero-order valence-electron chi connectivity index (χ0n) is 14.7. The van der Waals surface area contributed by atoms with Crippen LogP contribution in [0.2, 0.25) is 0 Å². The molecule has 0 radical (unpaired) electrons. The maximum Gasteiger partial charge on any atom is 0.403 e. The molecule has 2 rings (SSSR count). The van der Waals surface area contributed by atoms with Crippen molar-refractivity contribution in [1.82, 2.24) is 15.1 Å². The fraction of sp³-hybridized carbons (Fsp3) is 0.588. The predicted molar refractivity (Wildman–Crippen MR) is 90.0 cm³/mol. The van der Waals surface area contributed by atoms with Gasteiger partial charge in [0.2, 0.25) is 0 Å². The van der Waals surface area contributed by atoms with Crippen LogP contribution in [0, 0.1) is 12.7 Å². The van der Waals surface area contributed by atoms with E-state index in [1.54, 1.807) is 20.0 Å². The van der Waals surface area contributed by atoms with Gasteiger partial charge in [0.1, 0.15) is 11.9 Å². The number of piperazine rings is 1. The summed E-state index contributed by atoms with van der Waals surface area (Å²) in [6.45, 7) is 4.86. The number of rotatable bonds is 3. The highest BCUT2D eigenvalue weighted by Crippen LogP contribution is 2.25. The Kier molecular flexibility index (Phi) is 6.26. The van der Waals surface area contributed by atoms with Crippen LogP contribution in [0.1, 0.15) is 18.1 Å². The van der Waals surface area contributed by atoms with Gasteiger partial charge in [-0.25, -0.2) is 4.39 Å². The Bertz CT molecular complexity index is 607. The number of guanidine groups is 1. The zero-order chi connectivity index (χ0) is 18.6. The first kappa shape index (κ1) is 19.5. The average molecular weight is 360 g/mol. The van der Waals surface area contributed by atoms with Crippen LogP contribution >= 0.6 is 0 Å². The van der Waals surface area contributed by atoms with Crippen molar-refractivity contribution < 1.29 is 17.6 Å². The molecule has 1 unspecified atom stereocenters. The third kappa shape index (κ3) is 5.07. The molecule has 1 aromatic carbocycles. The van der Waals surface area contributed by atoms with Crippen molar-refractivity contribution in [2.24, 2.45) is 4.99 Å². The fourth-order valence-corrected chi connectivity index (χ4v) is 2.79. The Hall–Kier alpha value is -1.83. The molecule has 1 atom stereocenters. The summed E-state index contributed by atoms with van der Waals surface area (Å²) in [6.07, 6.45) is -4.21. The normalized spacial score (nSPS) is 18.4. The van der Waals surface area contributed by atoms with Gasteiger partial charge in [0.05, 0.1) is 0 Å². The lowest BCUT2D eigenvalue weighted by molar-refractivity contribution is -0.181. The largest absolute Gasteiger partial charge is 0.403 e. The van der Waals surface area contributed by atoms with Crippen molar-refractivity contribution in [1.29, 1.82) is 0 Å². The third-order valence-electron chi connectivity index (χ3n) is 4.53. The van der Waals surface area contributed by atoms with E-state index in [2.05, 4.69) is 10.3 Å². The number of aryl methyl sites for hydroxylation is 1. The van der Waals surface area contributed by atoms with Gasteiger partial charge in [0.25, 0.3) is 0 Å². The van der Waals surface area contributed by atoms with Crippen molar-refractivity contribution in [2.75, 3.05) is 33.2 Å². The Morgan fingerprint density at radius 2 is 1.88 bits per heavy atom. The monoisotopic (exact) mass is 360 g/mol. The van der Waals surface area contributed by atoms with Gasteiger partial charge in [-0.1, -0.05) is 12.1 Å². The van der Waals surface area contributed by atoms with E-state index in [-0.39, 0.29) is 5.82 Å². The summed E-state index contributed by atoms with van der Waals surface area (Å²) < 4.78 is 52.0. The number of benzene rings is 1. The van der Waals surface area contributed by atoms with E-state index >= 15 is 0 Å². The molecule has 8 heteroatoms. The van der Waals surface area contributed by atoms with Crippen LogP contribution in [0.5, 0.6) is 0 Å². The first-order chi connectivity index (χ1) is 11.7. The molecular formula is C17H24F4N4. The fourth-order valence-electron chi connectivity index (χ4n) is 2.79. The van der Waals surface area contributed by atoms with Crippen LogP contribution in [-0.4, -0.2) is 61.2 Å². The second-order valence-electron chi connectivity index (χ2n) is 6.22. The van der Waals surface area contributed by atoms with Gasteiger partial charge in [-0.3, -0.25) is 9.89 Å². The highest BCUT2D eigenvalue weighted by atomic mass is 19.4. The highest BCUT2D eigenvalue weighted by Gasteiger charge is 2.41. The molecule has 1 aliphatic heterocycles. The quantitative estimate of drug-likeness (QED) is 0.511. The van der Waals surface area contributed by atoms with Gasteiger partial charge in [0.15, 0.2) is 5.96 Å². The van der Waals surface area contributed by atoms with E-state index in [1.165, 1.54) is 17.9 Å². The van der Waals surface area contributed by atoms with Crippen LogP contribution < -0.4 is 5.32 Å². The standard InChI is InChI=1S/C17H24F4N4/c1-12-4-5-14(10-15(12)18)11-23-16(22-3)25-8-6-24(7-9-25)13(2)17(19,20)21/h4-5,10,13H,6-9,11H2,1-3H3,(H,22,23). The summed E-state index contributed by atoms with van der Waals surface area (Å²) >= 11 is 0. The Morgan fingerprint density at radius 1 is 1.24 bits per heavy atom. The molecule has 0 spiro atoms. The summed E-state index contributed by atoms with van der Waals surface area (Å²) in [5.74, 6) is 0.351. The van der Waals surface area contributed by atoms with E-state index in [9.17, 15) is 17.6 Å². The predicted octanol–water partition coefficient (Wildman–Crippen LogP) is 2.78. The average Bonchev–Trinajstić information content (AvgIpc) is 2.57. The first-order valence-corrected chi connectivity index (χ1v) is 8.23. The number of aliphatic imine (C=N–C) groups is 1. The molecule has 25 heavy (non-hydrogen) atoms. The zero-order valence-corrected chi connectivity index (χ0v) is 14.7. The van der Waals surface area contributed by atoms with Crippen LogP contribution in [0.15, 0.2) is 23.2 Å². The minimum absolute atomic E-state index is 0.260.